The molecule has 0 saturated carbocycles. The molecule has 0 aliphatic carbocycles. The number of hydrogen-bond donors (Lipinski definition) is 2. The maximum Gasteiger partial charge on any atom is 0.322 e. The first-order valence-corrected chi connectivity index (χ1v) is 7.31. The minimum absolute atomic E-state index is 0.0888. The van der Waals surface area contributed by atoms with Crippen molar-refractivity contribution in [2.75, 3.05) is 17.6 Å². The Morgan fingerprint density at radius 1 is 1.43 bits per heavy atom. The van der Waals surface area contributed by atoms with E-state index in [2.05, 4.69) is 31.0 Å². The highest BCUT2D eigenvalue weighted by Crippen LogP contribution is 2.16. The molecule has 0 spiro atoms. The van der Waals surface area contributed by atoms with Crippen molar-refractivity contribution in [3.8, 4) is 0 Å². The summed E-state index contributed by atoms with van der Waals surface area (Å²) in [5.74, 6) is 0.439. The summed E-state index contributed by atoms with van der Waals surface area (Å²) >= 11 is 1.20. The van der Waals surface area contributed by atoms with Crippen LogP contribution in [-0.4, -0.2) is 48.6 Å². The van der Waals surface area contributed by atoms with Crippen LogP contribution in [0, 0.1) is 0 Å². The average Bonchev–Trinajstić information content (AvgIpc) is 3.06. The van der Waals surface area contributed by atoms with Gasteiger partial charge in [0.15, 0.2) is 0 Å². The van der Waals surface area contributed by atoms with Crippen LogP contribution < -0.4 is 11.1 Å². The summed E-state index contributed by atoms with van der Waals surface area (Å²) in [6, 6.07) is 0.0888. The van der Waals surface area contributed by atoms with Gasteiger partial charge in [-0.1, -0.05) is 30.7 Å². The second-order valence-electron chi connectivity index (χ2n) is 4.41. The number of tetrazole rings is 1. The Balaban J connectivity index is 1.85. The molecular weight excluding hydrogens is 296 g/mol. The third-order valence-electron chi connectivity index (χ3n) is 2.35. The molecule has 0 aliphatic heterocycles. The molecule has 0 radical (unpaired) electrons. The number of nitrogens with one attached hydrogen (secondary N) is 1. The molecule has 0 unspecified atom stereocenters. The van der Waals surface area contributed by atoms with Gasteiger partial charge in [-0.05, 0) is 10.4 Å². The maximum absolute atomic E-state index is 11.8. The first-order chi connectivity index (χ1) is 10.1. The summed E-state index contributed by atoms with van der Waals surface area (Å²) in [6.07, 6.45) is 0. The van der Waals surface area contributed by atoms with Crippen molar-refractivity contribution in [1.29, 1.82) is 0 Å². The smallest absolute Gasteiger partial charge is 0.322 e. The average molecular weight is 312 g/mol. The summed E-state index contributed by atoms with van der Waals surface area (Å²) in [7, 11) is 0. The van der Waals surface area contributed by atoms with E-state index in [9.17, 15) is 4.79 Å². The zero-order valence-electron chi connectivity index (χ0n) is 11.7. The fourth-order valence-corrected chi connectivity index (χ4v) is 2.07. The van der Waals surface area contributed by atoms with Crippen molar-refractivity contribution in [1.82, 2.24) is 30.4 Å². The normalized spacial score (nSPS) is 11.0. The maximum atomic E-state index is 11.8. The Morgan fingerprint density at radius 2 is 2.24 bits per heavy atom. The number of anilines is 1. The molecule has 3 N–H and O–H groups in total. The van der Waals surface area contributed by atoms with E-state index in [1.54, 1.807) is 4.68 Å². The van der Waals surface area contributed by atoms with Gasteiger partial charge in [0.2, 0.25) is 17.0 Å². The monoisotopic (exact) mass is 312 g/mol. The van der Waals surface area contributed by atoms with Crippen LogP contribution in [-0.2, 0) is 11.3 Å². The minimum Gasteiger partial charge on any atom is -0.408 e. The lowest BCUT2D eigenvalue weighted by atomic mass is 10.2. The molecule has 2 rings (SSSR count). The third kappa shape index (κ3) is 4.23. The van der Waals surface area contributed by atoms with Crippen molar-refractivity contribution >= 4 is 23.7 Å². The first kappa shape index (κ1) is 15.4. The number of nitrogens with two attached hydrogens (primary N) is 1. The number of aromatic nitrogens is 6. The zero-order chi connectivity index (χ0) is 15.2. The van der Waals surface area contributed by atoms with Gasteiger partial charge in [-0.15, -0.1) is 10.2 Å². The largest absolute Gasteiger partial charge is 0.408 e. The number of thioether (sulfide) groups is 1. The molecule has 0 fully saturated rings. The summed E-state index contributed by atoms with van der Waals surface area (Å²) in [5.41, 5.74) is 5.44. The zero-order valence-corrected chi connectivity index (χ0v) is 12.5. The molecule has 0 aromatic carbocycles. The number of amides is 1. The number of rotatable bonds is 7. The van der Waals surface area contributed by atoms with Crippen molar-refractivity contribution < 1.29 is 9.21 Å². The van der Waals surface area contributed by atoms with Crippen LogP contribution in [0.5, 0.6) is 0 Å². The second kappa shape index (κ2) is 7.13. The highest BCUT2D eigenvalue weighted by atomic mass is 32.2. The van der Waals surface area contributed by atoms with Crippen LogP contribution in [0.4, 0.5) is 6.01 Å². The predicted molar refractivity (Wildman–Crippen MR) is 74.6 cm³/mol. The van der Waals surface area contributed by atoms with Crippen molar-refractivity contribution in [3.05, 3.63) is 5.89 Å². The molecule has 1 amide bonds. The van der Waals surface area contributed by atoms with Gasteiger partial charge in [-0.2, -0.15) is 0 Å². The van der Waals surface area contributed by atoms with Gasteiger partial charge in [0, 0.05) is 12.5 Å². The molecule has 11 heteroatoms. The quantitative estimate of drug-likeness (QED) is 0.669. The molecule has 21 heavy (non-hydrogen) atoms. The summed E-state index contributed by atoms with van der Waals surface area (Å²) < 4.78 is 6.83. The lowest BCUT2D eigenvalue weighted by Crippen LogP contribution is -2.16. The van der Waals surface area contributed by atoms with Gasteiger partial charge in [-0.3, -0.25) is 10.1 Å². The van der Waals surface area contributed by atoms with Crippen LogP contribution in [0.25, 0.3) is 0 Å². The fourth-order valence-electron chi connectivity index (χ4n) is 1.37. The van der Waals surface area contributed by atoms with Gasteiger partial charge >= 0.3 is 6.01 Å². The van der Waals surface area contributed by atoms with E-state index in [1.807, 2.05) is 13.8 Å². The molecule has 2 heterocycles. The molecule has 2 aromatic heterocycles. The lowest BCUT2D eigenvalue weighted by molar-refractivity contribution is -0.113. The first-order valence-electron chi connectivity index (χ1n) is 6.32. The molecule has 2 aromatic rings. The van der Waals surface area contributed by atoms with Gasteiger partial charge < -0.3 is 10.2 Å². The summed E-state index contributed by atoms with van der Waals surface area (Å²) in [5, 5.41) is 21.8. The van der Waals surface area contributed by atoms with E-state index in [0.717, 1.165) is 0 Å². The third-order valence-corrected chi connectivity index (χ3v) is 3.31. The fraction of sp³-hybridized carbons (Fsp3) is 0.600. The van der Waals surface area contributed by atoms with E-state index < -0.39 is 0 Å². The highest BCUT2D eigenvalue weighted by molar-refractivity contribution is 7.99. The standard InChI is InChI=1S/C10H16N8O2S/c1-6(2)8-13-14-9(20-8)12-7(19)5-21-10-15-16-17-18(10)4-3-11/h6H,3-5,11H2,1-2H3,(H,12,14,19). The number of hydrogen-bond acceptors (Lipinski definition) is 9. The Hall–Kier alpha value is -2.01. The van der Waals surface area contributed by atoms with Gasteiger partial charge in [0.1, 0.15) is 0 Å². The van der Waals surface area contributed by atoms with Crippen LogP contribution >= 0.6 is 11.8 Å². The van der Waals surface area contributed by atoms with Gasteiger partial charge in [0.05, 0.1) is 12.3 Å². The Labute approximate surface area is 124 Å². The predicted octanol–water partition coefficient (Wildman–Crippen LogP) is -0.131. The lowest BCUT2D eigenvalue weighted by Gasteiger charge is -2.02. The van der Waals surface area contributed by atoms with Gasteiger partial charge in [-0.25, -0.2) is 4.68 Å². The number of nitrogens with zero attached hydrogens (tertiary/aromatic N) is 6. The Bertz CT molecular complexity index is 595. The number of carbonyl (C=O) groups excluding carboxylic acids is 1. The molecule has 114 valence electrons. The molecule has 10 nitrogen and oxygen atoms in total. The van der Waals surface area contributed by atoms with Crippen LogP contribution in [0.2, 0.25) is 0 Å². The SMILES string of the molecule is CC(C)c1nnc(NC(=O)CSc2nnnn2CCN)o1. The van der Waals surface area contributed by atoms with E-state index in [0.29, 0.717) is 24.1 Å². The van der Waals surface area contributed by atoms with Crippen molar-refractivity contribution in [2.45, 2.75) is 31.5 Å². The Morgan fingerprint density at radius 3 is 2.90 bits per heavy atom. The second-order valence-corrected chi connectivity index (χ2v) is 5.35. The minimum atomic E-state index is -0.277. The summed E-state index contributed by atoms with van der Waals surface area (Å²) in [4.78, 5) is 11.8. The van der Waals surface area contributed by atoms with E-state index in [-0.39, 0.29) is 23.6 Å². The molecule has 0 aliphatic rings. The van der Waals surface area contributed by atoms with E-state index in [4.69, 9.17) is 10.2 Å². The van der Waals surface area contributed by atoms with Crippen molar-refractivity contribution in [3.63, 3.8) is 0 Å². The van der Waals surface area contributed by atoms with Crippen LogP contribution in [0.15, 0.2) is 9.57 Å². The summed E-state index contributed by atoms with van der Waals surface area (Å²) in [6.45, 7) is 4.77. The van der Waals surface area contributed by atoms with E-state index in [1.165, 1.54) is 11.8 Å². The molecule has 0 atom stereocenters. The molecule has 0 bridgehead atoms. The van der Waals surface area contributed by atoms with Crippen molar-refractivity contribution in [2.24, 2.45) is 5.73 Å². The highest BCUT2D eigenvalue weighted by Gasteiger charge is 2.14. The van der Waals surface area contributed by atoms with E-state index >= 15 is 0 Å². The Kier molecular flexibility index (Phi) is 5.22. The molecular formula is C10H16N8O2S. The van der Waals surface area contributed by atoms with Crippen LogP contribution in [0.1, 0.15) is 25.7 Å². The topological polar surface area (TPSA) is 138 Å². The van der Waals surface area contributed by atoms with Crippen LogP contribution in [0.3, 0.4) is 0 Å². The number of carbonyl (C=O) groups is 1. The molecule has 0 saturated heterocycles. The van der Waals surface area contributed by atoms with Gasteiger partial charge in [0.25, 0.3) is 0 Å².